The number of rotatable bonds is 4. The highest BCUT2D eigenvalue weighted by Crippen LogP contribution is 2.31. The molecule has 0 radical (unpaired) electrons. The van der Waals surface area contributed by atoms with Crippen molar-refractivity contribution < 1.29 is 4.74 Å². The molecule has 28 heavy (non-hydrogen) atoms. The number of fused-ring (bicyclic) bond motifs is 1. The van der Waals surface area contributed by atoms with Crippen LogP contribution in [0.1, 0.15) is 31.5 Å². The SMILES string of the molecule is COc1ccc(-c2nc3ccc(N)cn3c2CN2CC(C)CC(C)C2)cc1C. The van der Waals surface area contributed by atoms with Gasteiger partial charge in [0, 0.05) is 37.1 Å². The van der Waals surface area contributed by atoms with E-state index in [9.17, 15) is 0 Å². The van der Waals surface area contributed by atoms with Gasteiger partial charge >= 0.3 is 0 Å². The van der Waals surface area contributed by atoms with E-state index in [1.54, 1.807) is 7.11 Å². The summed E-state index contributed by atoms with van der Waals surface area (Å²) in [7, 11) is 1.71. The molecule has 1 saturated heterocycles. The molecular formula is C23H30N4O. The fourth-order valence-electron chi connectivity index (χ4n) is 4.65. The van der Waals surface area contributed by atoms with Gasteiger partial charge in [0.05, 0.1) is 18.5 Å². The van der Waals surface area contributed by atoms with Gasteiger partial charge < -0.3 is 14.9 Å². The van der Waals surface area contributed by atoms with E-state index in [2.05, 4.69) is 42.2 Å². The Labute approximate surface area is 167 Å². The lowest BCUT2D eigenvalue weighted by molar-refractivity contribution is 0.133. The van der Waals surface area contributed by atoms with Crippen molar-refractivity contribution in [1.82, 2.24) is 14.3 Å². The molecular weight excluding hydrogens is 348 g/mol. The second kappa shape index (κ2) is 7.47. The Hall–Kier alpha value is -2.53. The maximum absolute atomic E-state index is 6.10. The molecule has 148 valence electrons. The first kappa shape index (κ1) is 18.8. The van der Waals surface area contributed by atoms with Gasteiger partial charge in [-0.25, -0.2) is 4.98 Å². The lowest BCUT2D eigenvalue weighted by Gasteiger charge is -2.35. The number of hydrogen-bond donors (Lipinski definition) is 1. The van der Waals surface area contributed by atoms with Gasteiger partial charge in [0.15, 0.2) is 0 Å². The van der Waals surface area contributed by atoms with Gasteiger partial charge in [0.2, 0.25) is 0 Å². The van der Waals surface area contributed by atoms with Crippen molar-refractivity contribution in [2.75, 3.05) is 25.9 Å². The van der Waals surface area contributed by atoms with Crippen molar-refractivity contribution in [2.24, 2.45) is 11.8 Å². The van der Waals surface area contributed by atoms with Gasteiger partial charge in [-0.1, -0.05) is 13.8 Å². The molecule has 3 heterocycles. The van der Waals surface area contributed by atoms with Crippen molar-refractivity contribution in [3.8, 4) is 17.0 Å². The summed E-state index contributed by atoms with van der Waals surface area (Å²) in [6.45, 7) is 9.90. The summed E-state index contributed by atoms with van der Waals surface area (Å²) in [6, 6.07) is 10.2. The average molecular weight is 379 g/mol. The van der Waals surface area contributed by atoms with E-state index in [4.69, 9.17) is 15.5 Å². The van der Waals surface area contributed by atoms with Gasteiger partial charge in [-0.2, -0.15) is 0 Å². The van der Waals surface area contributed by atoms with Crippen LogP contribution in [0.2, 0.25) is 0 Å². The van der Waals surface area contributed by atoms with E-state index < -0.39 is 0 Å². The third kappa shape index (κ3) is 3.59. The summed E-state index contributed by atoms with van der Waals surface area (Å²) in [4.78, 5) is 7.52. The number of anilines is 1. The Balaban J connectivity index is 1.80. The summed E-state index contributed by atoms with van der Waals surface area (Å²) in [5.74, 6) is 2.34. The van der Waals surface area contributed by atoms with Crippen LogP contribution in [0.3, 0.4) is 0 Å². The van der Waals surface area contributed by atoms with Crippen LogP contribution in [0.5, 0.6) is 5.75 Å². The summed E-state index contributed by atoms with van der Waals surface area (Å²) < 4.78 is 7.60. The molecule has 1 fully saturated rings. The minimum absolute atomic E-state index is 0.722. The molecule has 3 aromatic rings. The maximum atomic E-state index is 6.10. The monoisotopic (exact) mass is 378 g/mol. The summed E-state index contributed by atoms with van der Waals surface area (Å²) in [5.41, 5.74) is 12.3. The smallest absolute Gasteiger partial charge is 0.137 e. The van der Waals surface area contributed by atoms with E-state index in [0.29, 0.717) is 0 Å². The molecule has 5 nitrogen and oxygen atoms in total. The highest BCUT2D eigenvalue weighted by Gasteiger charge is 2.24. The van der Waals surface area contributed by atoms with Crippen molar-refractivity contribution in [1.29, 1.82) is 0 Å². The molecule has 2 unspecified atom stereocenters. The first-order chi connectivity index (χ1) is 13.4. The molecule has 0 bridgehead atoms. The molecule has 4 rings (SSSR count). The number of likely N-dealkylation sites (tertiary alicyclic amines) is 1. The standard InChI is InChI=1S/C23H30N4O/c1-15-9-16(2)12-26(11-15)14-20-23(18-5-7-21(28-4)17(3)10-18)25-22-8-6-19(24)13-27(20)22/h5-8,10,13,15-16H,9,11-12,14,24H2,1-4H3. The molecule has 2 aromatic heterocycles. The molecule has 1 aliphatic heterocycles. The topological polar surface area (TPSA) is 55.8 Å². The first-order valence-corrected chi connectivity index (χ1v) is 10.1. The Morgan fingerprint density at radius 2 is 1.89 bits per heavy atom. The van der Waals surface area contributed by atoms with Crippen molar-refractivity contribution in [2.45, 2.75) is 33.7 Å². The van der Waals surface area contributed by atoms with E-state index in [0.717, 1.165) is 65.4 Å². The molecule has 0 saturated carbocycles. The number of ether oxygens (including phenoxy) is 1. The van der Waals surface area contributed by atoms with Gasteiger partial charge in [-0.05, 0) is 61.1 Å². The zero-order valence-electron chi connectivity index (χ0n) is 17.3. The lowest BCUT2D eigenvalue weighted by atomic mass is 9.92. The van der Waals surface area contributed by atoms with Crippen LogP contribution in [0.4, 0.5) is 5.69 Å². The minimum Gasteiger partial charge on any atom is -0.496 e. The summed E-state index contributed by atoms with van der Waals surface area (Å²) in [6.07, 6.45) is 3.30. The quantitative estimate of drug-likeness (QED) is 0.732. The molecule has 0 aliphatic carbocycles. The number of benzene rings is 1. The zero-order chi connectivity index (χ0) is 19.8. The lowest BCUT2D eigenvalue weighted by Crippen LogP contribution is -2.38. The van der Waals surface area contributed by atoms with Crippen LogP contribution < -0.4 is 10.5 Å². The Kier molecular flexibility index (Phi) is 5.02. The highest BCUT2D eigenvalue weighted by atomic mass is 16.5. The molecule has 1 aliphatic rings. The molecule has 1 aromatic carbocycles. The molecule has 5 heteroatoms. The van der Waals surface area contributed by atoms with Gasteiger partial charge in [0.1, 0.15) is 11.4 Å². The van der Waals surface area contributed by atoms with Crippen LogP contribution in [0.15, 0.2) is 36.5 Å². The number of nitrogen functional groups attached to an aromatic ring is 1. The minimum atomic E-state index is 0.722. The summed E-state index contributed by atoms with van der Waals surface area (Å²) >= 11 is 0. The fraction of sp³-hybridized carbons (Fsp3) is 0.435. The third-order valence-electron chi connectivity index (χ3n) is 5.73. The number of aryl methyl sites for hydroxylation is 1. The number of imidazole rings is 1. The largest absolute Gasteiger partial charge is 0.496 e. The molecule has 2 N–H and O–H groups in total. The third-order valence-corrected chi connectivity index (χ3v) is 5.73. The van der Waals surface area contributed by atoms with Gasteiger partial charge in [0.25, 0.3) is 0 Å². The van der Waals surface area contributed by atoms with Crippen molar-refractivity contribution in [3.05, 3.63) is 47.8 Å². The molecule has 0 amide bonds. The van der Waals surface area contributed by atoms with Crippen LogP contribution in [-0.4, -0.2) is 34.5 Å². The van der Waals surface area contributed by atoms with Crippen molar-refractivity contribution in [3.63, 3.8) is 0 Å². The van der Waals surface area contributed by atoms with Gasteiger partial charge in [-0.15, -0.1) is 0 Å². The predicted octanol–water partition coefficient (Wildman–Crippen LogP) is 4.38. The van der Waals surface area contributed by atoms with Crippen molar-refractivity contribution >= 4 is 11.3 Å². The Bertz CT molecular complexity index is 984. The number of nitrogens with two attached hydrogens (primary N) is 1. The second-order valence-corrected chi connectivity index (χ2v) is 8.42. The number of piperidine rings is 1. The predicted molar refractivity (Wildman–Crippen MR) is 115 cm³/mol. The summed E-state index contributed by atoms with van der Waals surface area (Å²) in [5, 5.41) is 0. The number of nitrogens with zero attached hydrogens (tertiary/aromatic N) is 3. The average Bonchev–Trinajstić information content (AvgIpc) is 2.98. The van der Waals surface area contributed by atoms with E-state index in [1.165, 1.54) is 12.1 Å². The zero-order valence-corrected chi connectivity index (χ0v) is 17.3. The fourth-order valence-corrected chi connectivity index (χ4v) is 4.65. The number of pyridine rings is 1. The van der Waals surface area contributed by atoms with Crippen LogP contribution >= 0.6 is 0 Å². The maximum Gasteiger partial charge on any atom is 0.137 e. The number of hydrogen-bond acceptors (Lipinski definition) is 4. The first-order valence-electron chi connectivity index (χ1n) is 10.1. The normalized spacial score (nSPS) is 20.6. The van der Waals surface area contributed by atoms with Gasteiger partial charge in [-0.3, -0.25) is 4.90 Å². The molecule has 0 spiro atoms. The van der Waals surface area contributed by atoms with E-state index in [1.807, 2.05) is 24.4 Å². The highest BCUT2D eigenvalue weighted by molar-refractivity contribution is 5.69. The van der Waals surface area contributed by atoms with Crippen LogP contribution in [0.25, 0.3) is 16.9 Å². The number of aromatic nitrogens is 2. The van der Waals surface area contributed by atoms with Crippen LogP contribution in [-0.2, 0) is 6.54 Å². The molecule has 2 atom stereocenters. The Morgan fingerprint density at radius 3 is 2.57 bits per heavy atom. The van der Waals surface area contributed by atoms with E-state index >= 15 is 0 Å². The second-order valence-electron chi connectivity index (χ2n) is 8.42. The van der Waals surface area contributed by atoms with Crippen LogP contribution in [0, 0.1) is 18.8 Å². The number of methoxy groups -OCH3 is 1. The Morgan fingerprint density at radius 1 is 1.14 bits per heavy atom. The van der Waals surface area contributed by atoms with E-state index in [-0.39, 0.29) is 0 Å².